The Hall–Kier alpha value is -6.26. The van der Waals surface area contributed by atoms with Gasteiger partial charge < -0.3 is 35.1 Å². The summed E-state index contributed by atoms with van der Waals surface area (Å²) in [5, 5.41) is 27.5. The molecule has 4 N–H and O–H groups in total. The van der Waals surface area contributed by atoms with Crippen LogP contribution >= 0.6 is 0 Å². The number of anilines is 1. The average Bonchev–Trinajstić information content (AvgIpc) is 3.46. The van der Waals surface area contributed by atoms with Crippen LogP contribution < -0.4 is 20.7 Å². The normalized spacial score (nSPS) is 13.6. The third-order valence-electron chi connectivity index (χ3n) is 9.20. The highest BCUT2D eigenvalue weighted by Crippen LogP contribution is 2.36. The summed E-state index contributed by atoms with van der Waals surface area (Å²) in [7, 11) is 0. The second kappa shape index (κ2) is 17.0. The summed E-state index contributed by atoms with van der Waals surface area (Å²) in [6, 6.07) is 23.1. The monoisotopic (exact) mass is 768 g/mol. The Bertz CT molecular complexity index is 2310. The minimum Gasteiger partial charge on any atom is -0.490 e. The molecule has 0 saturated heterocycles. The second-order valence-corrected chi connectivity index (χ2v) is 13.2. The maximum atomic E-state index is 14.3. The first-order valence-electron chi connectivity index (χ1n) is 17.6. The molecule has 1 atom stereocenters. The zero-order valence-corrected chi connectivity index (χ0v) is 30.1. The minimum atomic E-state index is -4.81. The van der Waals surface area contributed by atoms with E-state index in [1.165, 1.54) is 43.3 Å². The van der Waals surface area contributed by atoms with Crippen molar-refractivity contribution in [3.63, 3.8) is 0 Å². The average molecular weight is 769 g/mol. The number of amides is 2. The number of hydrogen-bond acceptors (Lipinski definition) is 8. The smallest absolute Gasteiger partial charge is 0.417 e. The molecule has 0 fully saturated rings. The molecule has 0 bridgehead atoms. The van der Waals surface area contributed by atoms with Gasteiger partial charge >= 0.3 is 6.18 Å². The van der Waals surface area contributed by atoms with E-state index in [2.05, 4.69) is 20.9 Å². The maximum Gasteiger partial charge on any atom is 0.417 e. The van der Waals surface area contributed by atoms with Crippen LogP contribution in [0, 0.1) is 28.5 Å². The van der Waals surface area contributed by atoms with Gasteiger partial charge in [-0.05, 0) is 84.6 Å². The highest BCUT2D eigenvalue weighted by Gasteiger charge is 2.37. The Morgan fingerprint density at radius 3 is 2.43 bits per heavy atom. The van der Waals surface area contributed by atoms with Gasteiger partial charge in [-0.1, -0.05) is 24.3 Å². The van der Waals surface area contributed by atoms with Crippen molar-refractivity contribution in [2.45, 2.75) is 31.7 Å². The van der Waals surface area contributed by atoms with Crippen molar-refractivity contribution in [2.75, 3.05) is 44.8 Å². The number of nitrogens with zero attached hydrogens (tertiary/aromatic N) is 2. The van der Waals surface area contributed by atoms with Crippen LogP contribution in [0.3, 0.4) is 0 Å². The van der Waals surface area contributed by atoms with E-state index in [0.29, 0.717) is 61.1 Å². The largest absolute Gasteiger partial charge is 0.490 e. The second-order valence-electron chi connectivity index (χ2n) is 13.2. The molecule has 2 heterocycles. The van der Waals surface area contributed by atoms with E-state index in [1.54, 1.807) is 12.1 Å². The molecule has 0 radical (unpaired) electrons. The number of H-pyrrole nitrogens is 1. The van der Waals surface area contributed by atoms with E-state index in [0.717, 1.165) is 33.8 Å². The molecular formula is C41H36F4N6O5. The first-order valence-corrected chi connectivity index (χ1v) is 17.6. The zero-order chi connectivity index (χ0) is 39.9. The maximum absolute atomic E-state index is 14.3. The number of carbonyl (C=O) groups excluding carboxylic acids is 2. The number of hydrogen-bond donors (Lipinski definition) is 4. The van der Waals surface area contributed by atoms with Gasteiger partial charge in [0.2, 0.25) is 0 Å². The van der Waals surface area contributed by atoms with E-state index in [-0.39, 0.29) is 31.4 Å². The van der Waals surface area contributed by atoms with Gasteiger partial charge in [0.25, 0.3) is 11.8 Å². The molecule has 15 heteroatoms. The Labute approximate surface area is 319 Å². The van der Waals surface area contributed by atoms with E-state index in [4.69, 9.17) is 24.7 Å². The molecule has 0 unspecified atom stereocenters. The highest BCUT2D eigenvalue weighted by atomic mass is 19.4. The first kappa shape index (κ1) is 39.4. The fourth-order valence-electron chi connectivity index (χ4n) is 6.27. The molecule has 11 nitrogen and oxygen atoms in total. The number of carbonyl (C=O) groups is 2. The van der Waals surface area contributed by atoms with Crippen LogP contribution in [0.5, 0.6) is 5.75 Å². The molecule has 0 aliphatic carbocycles. The minimum absolute atomic E-state index is 0.0582. The Morgan fingerprint density at radius 1 is 0.946 bits per heavy atom. The number of rotatable bonds is 15. The van der Waals surface area contributed by atoms with E-state index in [1.807, 2.05) is 30.3 Å². The number of nitriles is 2. The SMILES string of the molecule is C[C@@](COc1ccc(C#N)cc1)(OCCOCCNCc1ccc(-c2[nH]c3cc(F)cc4c3c2CCNC4=O)cc1)C(=O)Nc1ccc(C#N)c(C(F)(F)F)c1. The third kappa shape index (κ3) is 9.15. The van der Waals surface area contributed by atoms with Crippen LogP contribution in [-0.2, 0) is 33.4 Å². The number of nitrogens with one attached hydrogen (secondary N) is 4. The summed E-state index contributed by atoms with van der Waals surface area (Å²) >= 11 is 0. The van der Waals surface area contributed by atoms with Gasteiger partial charge in [-0.25, -0.2) is 4.39 Å². The van der Waals surface area contributed by atoms with Crippen LogP contribution in [0.15, 0.2) is 78.9 Å². The van der Waals surface area contributed by atoms with E-state index < -0.39 is 34.6 Å². The van der Waals surface area contributed by atoms with Crippen LogP contribution in [0.25, 0.3) is 22.2 Å². The summed E-state index contributed by atoms with van der Waals surface area (Å²) in [5.74, 6) is -1.23. The summed E-state index contributed by atoms with van der Waals surface area (Å²) in [6.45, 7) is 2.92. The molecule has 2 amide bonds. The highest BCUT2D eigenvalue weighted by molar-refractivity contribution is 6.10. The van der Waals surface area contributed by atoms with Crippen molar-refractivity contribution < 1.29 is 41.4 Å². The lowest BCUT2D eigenvalue weighted by Crippen LogP contribution is -2.48. The Morgan fingerprint density at radius 2 is 1.71 bits per heavy atom. The zero-order valence-electron chi connectivity index (χ0n) is 30.1. The fourth-order valence-corrected chi connectivity index (χ4v) is 6.27. The van der Waals surface area contributed by atoms with Gasteiger partial charge in [-0.3, -0.25) is 9.59 Å². The lowest BCUT2D eigenvalue weighted by molar-refractivity contribution is -0.145. The number of ether oxygens (including phenoxy) is 3. The molecule has 0 saturated carbocycles. The summed E-state index contributed by atoms with van der Waals surface area (Å²) in [5.41, 5.74) is 1.39. The molecule has 56 heavy (non-hydrogen) atoms. The number of aromatic amines is 1. The molecule has 288 valence electrons. The quantitative estimate of drug-likeness (QED) is 0.0683. The van der Waals surface area contributed by atoms with Gasteiger partial charge in [0.05, 0.1) is 54.2 Å². The van der Waals surface area contributed by atoms with E-state index >= 15 is 0 Å². The van der Waals surface area contributed by atoms with Gasteiger partial charge in [-0.2, -0.15) is 23.7 Å². The van der Waals surface area contributed by atoms with E-state index in [9.17, 15) is 27.2 Å². The molecule has 4 aromatic carbocycles. The van der Waals surface area contributed by atoms with Gasteiger partial charge in [0, 0.05) is 41.9 Å². The molecule has 6 rings (SSSR count). The third-order valence-corrected chi connectivity index (χ3v) is 9.20. The summed E-state index contributed by atoms with van der Waals surface area (Å²) < 4.78 is 72.3. The van der Waals surface area contributed by atoms with Crippen molar-refractivity contribution in [3.8, 4) is 29.1 Å². The first-order chi connectivity index (χ1) is 26.9. The van der Waals surface area contributed by atoms with Crippen LogP contribution in [-0.4, -0.2) is 61.9 Å². The molecule has 0 spiro atoms. The summed E-state index contributed by atoms with van der Waals surface area (Å²) in [6.07, 6.45) is -4.21. The van der Waals surface area contributed by atoms with Crippen molar-refractivity contribution in [1.82, 2.24) is 15.6 Å². The Kier molecular flexibility index (Phi) is 12.0. The fraction of sp³-hybridized carbons (Fsp3) is 0.268. The number of halogens is 4. The van der Waals surface area contributed by atoms with Crippen LogP contribution in [0.2, 0.25) is 0 Å². The van der Waals surface area contributed by atoms with Crippen molar-refractivity contribution >= 4 is 28.4 Å². The van der Waals surface area contributed by atoms with Crippen molar-refractivity contribution in [1.29, 1.82) is 10.5 Å². The molecule has 1 aliphatic rings. The number of alkyl halides is 3. The predicted octanol–water partition coefficient (Wildman–Crippen LogP) is 6.62. The molecule has 1 aliphatic heterocycles. The van der Waals surface area contributed by atoms with Crippen molar-refractivity contribution in [3.05, 3.63) is 118 Å². The van der Waals surface area contributed by atoms with Crippen molar-refractivity contribution in [2.24, 2.45) is 0 Å². The number of benzene rings is 4. The lowest BCUT2D eigenvalue weighted by atomic mass is 9.99. The molecule has 1 aromatic heterocycles. The molecular weight excluding hydrogens is 732 g/mol. The topological polar surface area (TPSA) is 161 Å². The lowest BCUT2D eigenvalue weighted by Gasteiger charge is -2.29. The Balaban J connectivity index is 1.00. The van der Waals surface area contributed by atoms with Crippen LogP contribution in [0.1, 0.15) is 45.1 Å². The van der Waals surface area contributed by atoms with Gasteiger partial charge in [0.15, 0.2) is 5.60 Å². The molecule has 5 aromatic rings. The van der Waals surface area contributed by atoms with Gasteiger partial charge in [-0.15, -0.1) is 0 Å². The summed E-state index contributed by atoms with van der Waals surface area (Å²) in [4.78, 5) is 29.3. The standard InChI is InChI=1S/C41H36F4N6O5/c1-40(24-55-31-10-4-25(21-46)5-11-31,39(53)50-30-9-8-28(22-47)34(20-30)41(43,44)45)56-17-16-54-15-14-48-23-26-2-6-27(7-3-26)37-32-12-13-49-38(52)33-18-29(42)19-35(51-37)36(32)33/h2-11,18-20,48,51H,12-17,23-24H2,1H3,(H,49,52)(H,50,53)/t40-/m0/s1. The predicted molar refractivity (Wildman–Crippen MR) is 198 cm³/mol. The number of aromatic nitrogens is 1. The van der Waals surface area contributed by atoms with Crippen LogP contribution in [0.4, 0.5) is 23.2 Å². The van der Waals surface area contributed by atoms with Gasteiger partial charge in [0.1, 0.15) is 18.2 Å².